The molecule has 0 bridgehead atoms. The normalized spacial score (nSPS) is 17.7. The molecule has 2 heterocycles. The first-order valence-corrected chi connectivity index (χ1v) is 8.26. The Morgan fingerprint density at radius 2 is 2.08 bits per heavy atom. The highest BCUT2D eigenvalue weighted by Crippen LogP contribution is 2.28. The zero-order chi connectivity index (χ0) is 16.9. The van der Waals surface area contributed by atoms with Crippen molar-refractivity contribution in [2.24, 2.45) is 0 Å². The van der Waals surface area contributed by atoms with Gasteiger partial charge in [0.25, 0.3) is 0 Å². The summed E-state index contributed by atoms with van der Waals surface area (Å²) in [6.45, 7) is 3.63. The molecule has 3 rings (SSSR count). The molecule has 1 fully saturated rings. The van der Waals surface area contributed by atoms with E-state index >= 15 is 0 Å². The molecule has 2 N–H and O–H groups in total. The molecule has 0 spiro atoms. The monoisotopic (exact) mass is 330 g/mol. The predicted molar refractivity (Wildman–Crippen MR) is 89.6 cm³/mol. The van der Waals surface area contributed by atoms with Crippen LogP contribution in [-0.2, 0) is 4.79 Å². The molecule has 0 unspecified atom stereocenters. The molecule has 0 saturated carbocycles. The molecule has 1 aliphatic heterocycles. The minimum atomic E-state index is -0.110. The van der Waals surface area contributed by atoms with E-state index in [2.05, 4.69) is 15.6 Å². The Morgan fingerprint density at radius 3 is 2.88 bits per heavy atom. The van der Waals surface area contributed by atoms with E-state index in [-0.39, 0.29) is 17.9 Å². The van der Waals surface area contributed by atoms with Gasteiger partial charge in [-0.1, -0.05) is 12.1 Å². The lowest BCUT2D eigenvalue weighted by atomic mass is 9.98. The Hall–Kier alpha value is -2.57. The van der Waals surface area contributed by atoms with E-state index in [0.29, 0.717) is 25.5 Å². The number of aromatic nitrogens is 1. The van der Waals surface area contributed by atoms with Crippen LogP contribution in [0.3, 0.4) is 0 Å². The number of nitrogens with one attached hydrogen (secondary N) is 2. The molecular formula is C17H22N4O3. The van der Waals surface area contributed by atoms with Crippen molar-refractivity contribution in [3.8, 4) is 0 Å². The molecule has 3 amide bonds. The van der Waals surface area contributed by atoms with Crippen LogP contribution in [0, 0.1) is 0 Å². The molecule has 2 aromatic rings. The number of para-hydroxylation sites is 2. The number of piperidine rings is 1. The second-order valence-electron chi connectivity index (χ2n) is 6.02. The Labute approximate surface area is 140 Å². The highest BCUT2D eigenvalue weighted by atomic mass is 16.3. The SMILES string of the molecule is CC(=O)NCCNC(=O)N1CCC[C@@H](c2nc3ccccc3o2)C1. The number of carbonyl (C=O) groups excluding carboxylic acids is 2. The summed E-state index contributed by atoms with van der Waals surface area (Å²) < 4.78 is 5.84. The molecule has 1 aromatic heterocycles. The molecular weight excluding hydrogens is 308 g/mol. The molecule has 128 valence electrons. The minimum Gasteiger partial charge on any atom is -0.440 e. The largest absolute Gasteiger partial charge is 0.440 e. The van der Waals surface area contributed by atoms with Gasteiger partial charge in [-0.15, -0.1) is 0 Å². The van der Waals surface area contributed by atoms with Crippen LogP contribution < -0.4 is 10.6 Å². The maximum atomic E-state index is 12.2. The first kappa shape index (κ1) is 16.3. The Kier molecular flexibility index (Phi) is 4.98. The highest BCUT2D eigenvalue weighted by molar-refractivity contribution is 5.75. The lowest BCUT2D eigenvalue weighted by molar-refractivity contribution is -0.118. The summed E-state index contributed by atoms with van der Waals surface area (Å²) in [7, 11) is 0. The molecule has 1 aromatic carbocycles. The van der Waals surface area contributed by atoms with Crippen molar-refractivity contribution < 1.29 is 14.0 Å². The van der Waals surface area contributed by atoms with Gasteiger partial charge in [-0.3, -0.25) is 4.79 Å². The molecule has 0 radical (unpaired) electrons. The van der Waals surface area contributed by atoms with Gasteiger partial charge in [0.05, 0.1) is 5.92 Å². The van der Waals surface area contributed by atoms with Crippen molar-refractivity contribution in [3.63, 3.8) is 0 Å². The van der Waals surface area contributed by atoms with Gasteiger partial charge in [-0.2, -0.15) is 0 Å². The number of carbonyl (C=O) groups is 2. The third-order valence-electron chi connectivity index (χ3n) is 4.14. The fraction of sp³-hybridized carbons (Fsp3) is 0.471. The number of hydrogen-bond donors (Lipinski definition) is 2. The van der Waals surface area contributed by atoms with E-state index in [1.807, 2.05) is 24.3 Å². The van der Waals surface area contributed by atoms with Crippen molar-refractivity contribution in [2.45, 2.75) is 25.7 Å². The highest BCUT2D eigenvalue weighted by Gasteiger charge is 2.27. The number of oxazole rings is 1. The third-order valence-corrected chi connectivity index (χ3v) is 4.14. The molecule has 24 heavy (non-hydrogen) atoms. The van der Waals surface area contributed by atoms with Crippen molar-refractivity contribution in [2.75, 3.05) is 26.2 Å². The van der Waals surface area contributed by atoms with E-state index in [4.69, 9.17) is 4.42 Å². The number of likely N-dealkylation sites (tertiary alicyclic amines) is 1. The van der Waals surface area contributed by atoms with Gasteiger partial charge in [0.2, 0.25) is 5.91 Å². The van der Waals surface area contributed by atoms with Gasteiger partial charge in [0.1, 0.15) is 5.52 Å². The topological polar surface area (TPSA) is 87.5 Å². The quantitative estimate of drug-likeness (QED) is 0.838. The van der Waals surface area contributed by atoms with Crippen LogP contribution in [0.2, 0.25) is 0 Å². The summed E-state index contributed by atoms with van der Waals surface area (Å²) in [6.07, 6.45) is 1.88. The lowest BCUT2D eigenvalue weighted by Crippen LogP contribution is -2.46. The maximum absolute atomic E-state index is 12.2. The number of fused-ring (bicyclic) bond motifs is 1. The summed E-state index contributed by atoms with van der Waals surface area (Å²) in [5.74, 6) is 0.720. The maximum Gasteiger partial charge on any atom is 0.317 e. The second-order valence-corrected chi connectivity index (χ2v) is 6.02. The van der Waals surface area contributed by atoms with E-state index in [1.54, 1.807) is 4.90 Å². The van der Waals surface area contributed by atoms with Gasteiger partial charge < -0.3 is 20.0 Å². The van der Waals surface area contributed by atoms with Crippen molar-refractivity contribution >= 4 is 23.0 Å². The van der Waals surface area contributed by atoms with E-state index < -0.39 is 0 Å². The summed E-state index contributed by atoms with van der Waals surface area (Å²) in [6, 6.07) is 7.58. The minimum absolute atomic E-state index is 0.0988. The van der Waals surface area contributed by atoms with E-state index in [0.717, 1.165) is 30.5 Å². The number of nitrogens with zero attached hydrogens (tertiary/aromatic N) is 2. The lowest BCUT2D eigenvalue weighted by Gasteiger charge is -2.31. The van der Waals surface area contributed by atoms with Crippen molar-refractivity contribution in [1.29, 1.82) is 0 Å². The van der Waals surface area contributed by atoms with Gasteiger partial charge in [-0.05, 0) is 25.0 Å². The first-order chi connectivity index (χ1) is 11.6. The predicted octanol–water partition coefficient (Wildman–Crippen LogP) is 1.85. The number of benzene rings is 1. The summed E-state index contributed by atoms with van der Waals surface area (Å²) in [5, 5.41) is 5.48. The molecule has 1 aliphatic rings. The van der Waals surface area contributed by atoms with Gasteiger partial charge >= 0.3 is 6.03 Å². The van der Waals surface area contributed by atoms with Crippen molar-refractivity contribution in [1.82, 2.24) is 20.5 Å². The first-order valence-electron chi connectivity index (χ1n) is 8.26. The van der Waals surface area contributed by atoms with Gasteiger partial charge in [0, 0.05) is 33.1 Å². The average Bonchev–Trinajstić information content (AvgIpc) is 3.02. The van der Waals surface area contributed by atoms with Crippen molar-refractivity contribution in [3.05, 3.63) is 30.2 Å². The van der Waals surface area contributed by atoms with Crippen LogP contribution in [-0.4, -0.2) is 48.0 Å². The summed E-state index contributed by atoms with van der Waals surface area (Å²) in [5.41, 5.74) is 1.63. The third kappa shape index (κ3) is 3.84. The Bertz CT molecular complexity index is 694. The average molecular weight is 330 g/mol. The Balaban J connectivity index is 1.57. The van der Waals surface area contributed by atoms with Gasteiger partial charge in [-0.25, -0.2) is 9.78 Å². The standard InChI is InChI=1S/C17H22N4O3/c1-12(22)18-8-9-19-17(23)21-10-4-5-13(11-21)16-20-14-6-2-3-7-15(14)24-16/h2-3,6-7,13H,4-5,8-11H2,1H3,(H,18,22)(H,19,23)/t13-/m1/s1. The molecule has 7 heteroatoms. The van der Waals surface area contributed by atoms with Crippen LogP contribution in [0.1, 0.15) is 31.6 Å². The number of urea groups is 1. The molecule has 1 atom stereocenters. The number of hydrogen-bond acceptors (Lipinski definition) is 4. The number of amides is 3. The molecule has 1 saturated heterocycles. The second kappa shape index (κ2) is 7.33. The summed E-state index contributed by atoms with van der Waals surface area (Å²) in [4.78, 5) is 29.4. The summed E-state index contributed by atoms with van der Waals surface area (Å²) >= 11 is 0. The van der Waals surface area contributed by atoms with E-state index in [9.17, 15) is 9.59 Å². The van der Waals surface area contributed by atoms with Gasteiger partial charge in [0.15, 0.2) is 11.5 Å². The Morgan fingerprint density at radius 1 is 1.29 bits per heavy atom. The van der Waals surface area contributed by atoms with Crippen LogP contribution in [0.4, 0.5) is 4.79 Å². The van der Waals surface area contributed by atoms with Crippen LogP contribution >= 0.6 is 0 Å². The zero-order valence-corrected chi connectivity index (χ0v) is 13.7. The smallest absolute Gasteiger partial charge is 0.317 e. The van der Waals surface area contributed by atoms with Crippen LogP contribution in [0.5, 0.6) is 0 Å². The molecule has 7 nitrogen and oxygen atoms in total. The fourth-order valence-corrected chi connectivity index (χ4v) is 2.95. The van der Waals surface area contributed by atoms with E-state index in [1.165, 1.54) is 6.92 Å². The number of rotatable bonds is 4. The zero-order valence-electron chi connectivity index (χ0n) is 13.7. The van der Waals surface area contributed by atoms with Crippen LogP contribution in [0.25, 0.3) is 11.1 Å². The molecule has 0 aliphatic carbocycles. The van der Waals surface area contributed by atoms with Crippen LogP contribution in [0.15, 0.2) is 28.7 Å². The fourth-order valence-electron chi connectivity index (χ4n) is 2.95.